The van der Waals surface area contributed by atoms with Crippen LogP contribution in [0.2, 0.25) is 0 Å². The Hall–Kier alpha value is -2.66. The summed E-state index contributed by atoms with van der Waals surface area (Å²) in [7, 11) is 0. The Bertz CT molecular complexity index is 797. The zero-order valence-electron chi connectivity index (χ0n) is 12.6. The van der Waals surface area contributed by atoms with Gasteiger partial charge >= 0.3 is 0 Å². The average Bonchev–Trinajstić information content (AvgIpc) is 2.83. The molecule has 1 saturated heterocycles. The van der Waals surface area contributed by atoms with E-state index >= 15 is 0 Å². The molecule has 1 aliphatic rings. The van der Waals surface area contributed by atoms with Gasteiger partial charge in [0.1, 0.15) is 11.4 Å². The number of benzene rings is 2. The van der Waals surface area contributed by atoms with Crippen LogP contribution < -0.4 is 10.2 Å². The third kappa shape index (κ3) is 3.10. The molecule has 23 heavy (non-hydrogen) atoms. The van der Waals surface area contributed by atoms with Crippen LogP contribution in [0.3, 0.4) is 0 Å². The van der Waals surface area contributed by atoms with Crippen LogP contribution in [0, 0.1) is 0 Å². The van der Waals surface area contributed by atoms with Gasteiger partial charge in [-0.05, 0) is 60.1 Å². The number of aromatic hydroxyl groups is 1. The first-order valence-corrected chi connectivity index (χ1v) is 7.74. The molecule has 0 bridgehead atoms. The fourth-order valence-electron chi connectivity index (χ4n) is 2.42. The van der Waals surface area contributed by atoms with Gasteiger partial charge in [-0.1, -0.05) is 31.2 Å². The molecule has 0 spiro atoms. The lowest BCUT2D eigenvalue weighted by molar-refractivity contribution is -0.113. The number of anilines is 1. The van der Waals surface area contributed by atoms with E-state index < -0.39 is 0 Å². The second-order valence-electron chi connectivity index (χ2n) is 5.24. The van der Waals surface area contributed by atoms with Gasteiger partial charge in [-0.25, -0.2) is 0 Å². The van der Waals surface area contributed by atoms with Crippen LogP contribution in [0.15, 0.2) is 54.2 Å². The maximum Gasteiger partial charge on any atom is 0.281 e. The van der Waals surface area contributed by atoms with Gasteiger partial charge in [-0.2, -0.15) is 0 Å². The maximum absolute atomic E-state index is 12.6. The van der Waals surface area contributed by atoms with Crippen molar-refractivity contribution in [1.29, 1.82) is 0 Å². The highest BCUT2D eigenvalue weighted by molar-refractivity contribution is 7.80. The molecule has 0 aromatic heterocycles. The van der Waals surface area contributed by atoms with Crippen molar-refractivity contribution in [2.45, 2.75) is 13.3 Å². The van der Waals surface area contributed by atoms with Gasteiger partial charge in [0.25, 0.3) is 5.91 Å². The zero-order valence-corrected chi connectivity index (χ0v) is 13.4. The summed E-state index contributed by atoms with van der Waals surface area (Å²) in [5, 5.41) is 12.6. The smallest absolute Gasteiger partial charge is 0.281 e. The van der Waals surface area contributed by atoms with E-state index in [9.17, 15) is 9.90 Å². The number of carbonyl (C=O) groups is 1. The molecule has 5 heteroatoms. The summed E-state index contributed by atoms with van der Waals surface area (Å²) in [6, 6.07) is 14.4. The largest absolute Gasteiger partial charge is 0.508 e. The van der Waals surface area contributed by atoms with Crippen molar-refractivity contribution < 1.29 is 9.90 Å². The van der Waals surface area contributed by atoms with Crippen LogP contribution in [0.4, 0.5) is 5.69 Å². The molecule has 0 unspecified atom stereocenters. The predicted octanol–water partition coefficient (Wildman–Crippen LogP) is 3.22. The first-order chi connectivity index (χ1) is 11.1. The summed E-state index contributed by atoms with van der Waals surface area (Å²) < 4.78 is 0. The lowest BCUT2D eigenvalue weighted by atomic mass is 10.1. The lowest BCUT2D eigenvalue weighted by Gasteiger charge is -2.14. The Morgan fingerprint density at radius 3 is 2.65 bits per heavy atom. The number of amides is 1. The van der Waals surface area contributed by atoms with Crippen molar-refractivity contribution >= 4 is 35.0 Å². The van der Waals surface area contributed by atoms with Gasteiger partial charge in [0, 0.05) is 0 Å². The summed E-state index contributed by atoms with van der Waals surface area (Å²) in [5.74, 6) is 0.00251. The van der Waals surface area contributed by atoms with Crippen molar-refractivity contribution in [3.63, 3.8) is 0 Å². The molecular weight excluding hydrogens is 308 g/mol. The van der Waals surface area contributed by atoms with E-state index in [1.54, 1.807) is 30.3 Å². The number of nitrogens with one attached hydrogen (secondary N) is 1. The van der Waals surface area contributed by atoms with Gasteiger partial charge in [0.05, 0.1) is 5.69 Å². The molecule has 2 aromatic rings. The fraction of sp³-hybridized carbons (Fsp3) is 0.111. The Morgan fingerprint density at radius 1 is 1.22 bits per heavy atom. The molecule has 0 saturated carbocycles. The van der Waals surface area contributed by atoms with Crippen molar-refractivity contribution in [2.24, 2.45) is 0 Å². The highest BCUT2D eigenvalue weighted by Gasteiger charge is 2.31. The molecule has 2 N–H and O–H groups in total. The average molecular weight is 324 g/mol. The van der Waals surface area contributed by atoms with Crippen molar-refractivity contribution in [1.82, 2.24) is 5.32 Å². The van der Waals surface area contributed by atoms with Crippen LogP contribution in [0.5, 0.6) is 5.75 Å². The molecule has 1 fully saturated rings. The maximum atomic E-state index is 12.6. The van der Waals surface area contributed by atoms with Crippen LogP contribution in [0.25, 0.3) is 6.08 Å². The summed E-state index contributed by atoms with van der Waals surface area (Å²) in [4.78, 5) is 14.1. The van der Waals surface area contributed by atoms with E-state index in [1.807, 2.05) is 24.3 Å². The molecule has 1 heterocycles. The summed E-state index contributed by atoms with van der Waals surface area (Å²) in [6.07, 6.45) is 2.62. The minimum absolute atomic E-state index is 0.184. The van der Waals surface area contributed by atoms with Gasteiger partial charge in [-0.15, -0.1) is 0 Å². The van der Waals surface area contributed by atoms with Gasteiger partial charge in [-0.3, -0.25) is 9.69 Å². The molecule has 3 rings (SSSR count). The molecule has 2 aromatic carbocycles. The van der Waals surface area contributed by atoms with Gasteiger partial charge < -0.3 is 10.4 Å². The number of phenols is 1. The fourth-order valence-corrected chi connectivity index (χ4v) is 2.72. The van der Waals surface area contributed by atoms with E-state index in [2.05, 4.69) is 12.2 Å². The molecule has 0 aliphatic carbocycles. The summed E-state index contributed by atoms with van der Waals surface area (Å²) in [5.41, 5.74) is 3.14. The van der Waals surface area contributed by atoms with Crippen molar-refractivity contribution in [3.8, 4) is 5.75 Å². The number of phenolic OH excluding ortho intramolecular Hbond substituents is 1. The topological polar surface area (TPSA) is 52.6 Å². The van der Waals surface area contributed by atoms with E-state index in [1.165, 1.54) is 4.90 Å². The second-order valence-corrected chi connectivity index (χ2v) is 5.63. The third-order valence-electron chi connectivity index (χ3n) is 3.66. The van der Waals surface area contributed by atoms with Crippen molar-refractivity contribution in [3.05, 3.63) is 65.4 Å². The molecule has 1 amide bonds. The zero-order chi connectivity index (χ0) is 16.4. The molecule has 1 aliphatic heterocycles. The first-order valence-electron chi connectivity index (χ1n) is 7.33. The number of nitrogens with zero attached hydrogens (tertiary/aromatic N) is 1. The SMILES string of the molecule is CCc1cccc(N2C(=O)/C(=C\c3ccc(O)cc3)NC2=S)c1. The standard InChI is InChI=1S/C18H16N2O2S/c1-2-12-4-3-5-14(10-12)20-17(22)16(19-18(20)23)11-13-6-8-15(21)9-7-13/h3-11,21H,2H2,1H3,(H,19,23)/b16-11+. The number of hydrogen-bond donors (Lipinski definition) is 2. The van der Waals surface area contributed by atoms with E-state index in [0.29, 0.717) is 10.8 Å². The van der Waals surface area contributed by atoms with Gasteiger partial charge in [0.15, 0.2) is 5.11 Å². The van der Waals surface area contributed by atoms with Crippen LogP contribution >= 0.6 is 12.2 Å². The van der Waals surface area contributed by atoms with E-state index in [0.717, 1.165) is 23.2 Å². The van der Waals surface area contributed by atoms with Crippen LogP contribution in [0.1, 0.15) is 18.1 Å². The Morgan fingerprint density at radius 2 is 1.96 bits per heavy atom. The normalized spacial score (nSPS) is 16.0. The van der Waals surface area contributed by atoms with E-state index in [-0.39, 0.29) is 11.7 Å². The molecule has 0 radical (unpaired) electrons. The second kappa shape index (κ2) is 6.22. The minimum Gasteiger partial charge on any atom is -0.508 e. The Kier molecular flexibility index (Phi) is 4.12. The van der Waals surface area contributed by atoms with Crippen molar-refractivity contribution in [2.75, 3.05) is 4.90 Å². The Balaban J connectivity index is 1.91. The number of rotatable bonds is 3. The Labute approximate surface area is 140 Å². The lowest BCUT2D eigenvalue weighted by Crippen LogP contribution is -2.30. The molecular formula is C18H16N2O2S. The number of thiocarbonyl (C=S) groups is 1. The third-order valence-corrected chi connectivity index (χ3v) is 3.94. The number of hydrogen-bond acceptors (Lipinski definition) is 3. The monoisotopic (exact) mass is 324 g/mol. The highest BCUT2D eigenvalue weighted by atomic mass is 32.1. The van der Waals surface area contributed by atoms with Crippen LogP contribution in [-0.4, -0.2) is 16.1 Å². The predicted molar refractivity (Wildman–Crippen MR) is 95.1 cm³/mol. The molecule has 116 valence electrons. The molecule has 4 nitrogen and oxygen atoms in total. The number of carbonyl (C=O) groups excluding carboxylic acids is 1. The summed E-state index contributed by atoms with van der Waals surface area (Å²) >= 11 is 5.31. The summed E-state index contributed by atoms with van der Waals surface area (Å²) in [6.45, 7) is 2.07. The van der Waals surface area contributed by atoms with Crippen LogP contribution in [-0.2, 0) is 11.2 Å². The quantitative estimate of drug-likeness (QED) is 0.672. The highest BCUT2D eigenvalue weighted by Crippen LogP contribution is 2.24. The first kappa shape index (κ1) is 15.2. The minimum atomic E-state index is -0.184. The van der Waals surface area contributed by atoms with Gasteiger partial charge in [0.2, 0.25) is 0 Å². The van der Waals surface area contributed by atoms with E-state index in [4.69, 9.17) is 12.2 Å². The molecule has 0 atom stereocenters. The number of aryl methyl sites for hydroxylation is 1.